The van der Waals surface area contributed by atoms with E-state index in [-0.39, 0.29) is 5.41 Å². The molecule has 0 aliphatic rings. The first-order chi connectivity index (χ1) is 9.49. The summed E-state index contributed by atoms with van der Waals surface area (Å²) in [6, 6.07) is 16.3. The third kappa shape index (κ3) is 3.99. The Morgan fingerprint density at radius 1 is 0.950 bits per heavy atom. The van der Waals surface area contributed by atoms with Gasteiger partial charge in [-0.2, -0.15) is 0 Å². The van der Waals surface area contributed by atoms with Crippen molar-refractivity contribution in [2.45, 2.75) is 25.8 Å². The lowest BCUT2D eigenvalue weighted by molar-refractivity contribution is 0.469. The van der Waals surface area contributed by atoms with Gasteiger partial charge in [0.05, 0.1) is 10.0 Å². The van der Waals surface area contributed by atoms with Crippen LogP contribution in [0.3, 0.4) is 0 Å². The number of nitrogens with one attached hydrogen (secondary N) is 1. The van der Waals surface area contributed by atoms with Crippen LogP contribution < -0.4 is 5.32 Å². The predicted molar refractivity (Wildman–Crippen MR) is 87.6 cm³/mol. The molecule has 0 amide bonds. The van der Waals surface area contributed by atoms with Gasteiger partial charge < -0.3 is 5.32 Å². The molecule has 2 aromatic carbocycles. The van der Waals surface area contributed by atoms with Crippen molar-refractivity contribution in [3.05, 3.63) is 69.7 Å². The second kappa shape index (κ2) is 6.62. The fraction of sp³-hybridized carbons (Fsp3) is 0.294. The minimum Gasteiger partial charge on any atom is -0.312 e. The lowest BCUT2D eigenvalue weighted by atomic mass is 9.84. The van der Waals surface area contributed by atoms with Crippen molar-refractivity contribution >= 4 is 23.2 Å². The summed E-state index contributed by atoms with van der Waals surface area (Å²) >= 11 is 11.9. The van der Waals surface area contributed by atoms with Crippen molar-refractivity contribution in [3.63, 3.8) is 0 Å². The van der Waals surface area contributed by atoms with Crippen molar-refractivity contribution in [3.8, 4) is 0 Å². The van der Waals surface area contributed by atoms with Gasteiger partial charge in [0.25, 0.3) is 0 Å². The average Bonchev–Trinajstić information content (AvgIpc) is 2.44. The lowest BCUT2D eigenvalue weighted by Crippen LogP contribution is -2.32. The minimum absolute atomic E-state index is 0.0947. The molecule has 0 atom stereocenters. The molecule has 0 fully saturated rings. The minimum atomic E-state index is 0.0947. The summed E-state index contributed by atoms with van der Waals surface area (Å²) in [5, 5.41) is 4.69. The molecule has 0 radical (unpaired) electrons. The number of hydrogen-bond donors (Lipinski definition) is 1. The second-order valence-corrected chi connectivity index (χ2v) is 6.42. The smallest absolute Gasteiger partial charge is 0.0595 e. The van der Waals surface area contributed by atoms with E-state index in [0.29, 0.717) is 10.0 Å². The summed E-state index contributed by atoms with van der Waals surface area (Å²) < 4.78 is 0. The van der Waals surface area contributed by atoms with E-state index in [0.717, 1.165) is 18.7 Å². The van der Waals surface area contributed by atoms with E-state index < -0.39 is 0 Å². The normalized spacial score (nSPS) is 11.6. The molecule has 0 spiro atoms. The van der Waals surface area contributed by atoms with Crippen LogP contribution in [0.15, 0.2) is 48.5 Å². The van der Waals surface area contributed by atoms with E-state index in [2.05, 4.69) is 43.4 Å². The molecule has 0 unspecified atom stereocenters. The van der Waals surface area contributed by atoms with Crippen LogP contribution in [0.2, 0.25) is 10.0 Å². The molecule has 2 aromatic rings. The Morgan fingerprint density at radius 3 is 2.30 bits per heavy atom. The maximum absolute atomic E-state index is 6.02. The monoisotopic (exact) mass is 307 g/mol. The zero-order valence-corrected chi connectivity index (χ0v) is 13.3. The largest absolute Gasteiger partial charge is 0.312 e. The summed E-state index contributed by atoms with van der Waals surface area (Å²) in [4.78, 5) is 0. The van der Waals surface area contributed by atoms with Crippen LogP contribution in [-0.2, 0) is 12.0 Å². The van der Waals surface area contributed by atoms with E-state index >= 15 is 0 Å². The van der Waals surface area contributed by atoms with Crippen LogP contribution in [0.5, 0.6) is 0 Å². The first-order valence-corrected chi connectivity index (χ1v) is 7.45. The van der Waals surface area contributed by atoms with Gasteiger partial charge in [-0.25, -0.2) is 0 Å². The van der Waals surface area contributed by atoms with Gasteiger partial charge >= 0.3 is 0 Å². The van der Waals surface area contributed by atoms with Crippen LogP contribution in [0.1, 0.15) is 25.0 Å². The molecule has 20 heavy (non-hydrogen) atoms. The quantitative estimate of drug-likeness (QED) is 0.814. The molecule has 0 heterocycles. The second-order valence-electron chi connectivity index (χ2n) is 5.60. The number of benzene rings is 2. The first-order valence-electron chi connectivity index (χ1n) is 6.69. The van der Waals surface area contributed by atoms with Crippen molar-refractivity contribution < 1.29 is 0 Å². The summed E-state index contributed by atoms with van der Waals surface area (Å²) in [5.74, 6) is 0. The van der Waals surface area contributed by atoms with Crippen molar-refractivity contribution in [2.75, 3.05) is 6.54 Å². The van der Waals surface area contributed by atoms with Gasteiger partial charge in [0.15, 0.2) is 0 Å². The fourth-order valence-corrected chi connectivity index (χ4v) is 2.48. The van der Waals surface area contributed by atoms with Gasteiger partial charge in [-0.3, -0.25) is 0 Å². The molecule has 0 saturated heterocycles. The van der Waals surface area contributed by atoms with Crippen LogP contribution in [0, 0.1) is 0 Å². The maximum Gasteiger partial charge on any atom is 0.0595 e. The highest BCUT2D eigenvalue weighted by Gasteiger charge is 2.19. The molecule has 1 N–H and O–H groups in total. The van der Waals surface area contributed by atoms with Crippen molar-refractivity contribution in [2.24, 2.45) is 0 Å². The van der Waals surface area contributed by atoms with Crippen LogP contribution in [0.25, 0.3) is 0 Å². The van der Waals surface area contributed by atoms with Crippen LogP contribution >= 0.6 is 23.2 Å². The number of halogens is 2. The van der Waals surface area contributed by atoms with Crippen molar-refractivity contribution in [1.82, 2.24) is 5.32 Å². The Bertz CT molecular complexity index is 564. The highest BCUT2D eigenvalue weighted by molar-refractivity contribution is 6.42. The summed E-state index contributed by atoms with van der Waals surface area (Å²) in [6.07, 6.45) is 0. The molecule has 106 valence electrons. The number of hydrogen-bond acceptors (Lipinski definition) is 1. The molecule has 0 saturated carbocycles. The lowest BCUT2D eigenvalue weighted by Gasteiger charge is -2.25. The topological polar surface area (TPSA) is 12.0 Å². The first kappa shape index (κ1) is 15.4. The molecule has 0 aliphatic carbocycles. The molecule has 1 nitrogen and oxygen atoms in total. The Balaban J connectivity index is 1.93. The van der Waals surface area contributed by atoms with E-state index in [9.17, 15) is 0 Å². The average molecular weight is 308 g/mol. The molecular formula is C17H19Cl2N. The van der Waals surface area contributed by atoms with E-state index in [4.69, 9.17) is 23.2 Å². The summed E-state index contributed by atoms with van der Waals surface area (Å²) in [6.45, 7) is 6.17. The highest BCUT2D eigenvalue weighted by Crippen LogP contribution is 2.24. The van der Waals surface area contributed by atoms with E-state index in [1.807, 2.05) is 24.3 Å². The third-order valence-electron chi connectivity index (χ3n) is 3.44. The van der Waals surface area contributed by atoms with Gasteiger partial charge in [-0.15, -0.1) is 0 Å². The zero-order chi connectivity index (χ0) is 14.6. The molecule has 3 heteroatoms. The predicted octanol–water partition coefficient (Wildman–Crippen LogP) is 5.06. The maximum atomic E-state index is 6.02. The fourth-order valence-electron chi connectivity index (χ4n) is 2.16. The van der Waals surface area contributed by atoms with E-state index in [1.165, 1.54) is 5.56 Å². The van der Waals surface area contributed by atoms with Crippen molar-refractivity contribution in [1.29, 1.82) is 0 Å². The van der Waals surface area contributed by atoms with Gasteiger partial charge in [-0.05, 0) is 23.3 Å². The highest BCUT2D eigenvalue weighted by atomic mass is 35.5. The van der Waals surface area contributed by atoms with E-state index in [1.54, 1.807) is 0 Å². The molecule has 2 rings (SSSR count). The van der Waals surface area contributed by atoms with Gasteiger partial charge in [0.2, 0.25) is 0 Å². The Hall–Kier alpha value is -1.02. The zero-order valence-electron chi connectivity index (χ0n) is 11.8. The third-order valence-corrected chi connectivity index (χ3v) is 4.17. The molecule has 0 aromatic heterocycles. The molecule has 0 aliphatic heterocycles. The molecule has 0 bridgehead atoms. The van der Waals surface area contributed by atoms with Gasteiger partial charge in [0.1, 0.15) is 0 Å². The van der Waals surface area contributed by atoms with Crippen LogP contribution in [0.4, 0.5) is 0 Å². The summed E-state index contributed by atoms with van der Waals surface area (Å²) in [7, 11) is 0. The van der Waals surface area contributed by atoms with Crippen LogP contribution in [-0.4, -0.2) is 6.54 Å². The standard InChI is InChI=1S/C17H19Cl2N/c1-17(2,14-6-4-3-5-7-14)12-20-11-13-8-9-15(18)16(19)10-13/h3-10,20H,11-12H2,1-2H3. The number of rotatable bonds is 5. The Labute approximate surface area is 130 Å². The Morgan fingerprint density at radius 2 is 1.65 bits per heavy atom. The van der Waals surface area contributed by atoms with Gasteiger partial charge in [-0.1, -0.05) is 73.4 Å². The molecular weight excluding hydrogens is 289 g/mol. The Kier molecular flexibility index (Phi) is 5.09. The summed E-state index contributed by atoms with van der Waals surface area (Å²) in [5.41, 5.74) is 2.57. The SMILES string of the molecule is CC(C)(CNCc1ccc(Cl)c(Cl)c1)c1ccccc1. The van der Waals surface area contributed by atoms with Gasteiger partial charge in [0, 0.05) is 18.5 Å².